The Balaban J connectivity index is 0.951. The molecule has 14 nitrogen and oxygen atoms in total. The summed E-state index contributed by atoms with van der Waals surface area (Å²) in [7, 11) is 2.46. The van der Waals surface area contributed by atoms with E-state index in [1.807, 2.05) is 59.5 Å². The fraction of sp³-hybridized carbons (Fsp3) is 0.362. The normalized spacial score (nSPS) is 20.2. The van der Waals surface area contributed by atoms with E-state index in [1.165, 1.54) is 14.2 Å². The van der Waals surface area contributed by atoms with Crippen LogP contribution in [-0.2, 0) is 19.1 Å². The summed E-state index contributed by atoms with van der Waals surface area (Å²) in [4.78, 5) is 70.4. The van der Waals surface area contributed by atoms with Crippen molar-refractivity contribution in [2.45, 2.75) is 69.6 Å². The average molecular weight is 861 g/mol. The molecule has 0 spiro atoms. The summed E-state index contributed by atoms with van der Waals surface area (Å²) in [6, 6.07) is 17.2. The highest BCUT2D eigenvalue weighted by Gasteiger charge is 2.50. The maximum Gasteiger partial charge on any atom is 0.407 e. The minimum absolute atomic E-state index is 0.166. The Morgan fingerprint density at radius 1 is 0.762 bits per heavy atom. The second-order valence-corrected chi connectivity index (χ2v) is 16.6. The molecule has 3 aromatic carbocycles. The molecule has 328 valence electrons. The molecule has 2 aromatic heterocycles. The van der Waals surface area contributed by atoms with Crippen molar-refractivity contribution in [3.8, 4) is 33.6 Å². The van der Waals surface area contributed by atoms with Crippen LogP contribution in [0.15, 0.2) is 97.4 Å². The van der Waals surface area contributed by atoms with E-state index in [1.54, 1.807) is 26.2 Å². The van der Waals surface area contributed by atoms with Crippen molar-refractivity contribution in [2.24, 2.45) is 11.8 Å². The Labute approximate surface area is 363 Å². The van der Waals surface area contributed by atoms with Crippen LogP contribution in [0.1, 0.15) is 63.3 Å². The predicted octanol–water partition coefficient (Wildman–Crippen LogP) is 8.10. The number of imidazole rings is 2. The monoisotopic (exact) mass is 860 g/mol. The number of H-pyrrole nitrogens is 2. The Kier molecular flexibility index (Phi) is 12.1. The van der Waals surface area contributed by atoms with Gasteiger partial charge in [0.25, 0.3) is 5.92 Å². The first-order chi connectivity index (χ1) is 30.3. The first-order valence-electron chi connectivity index (χ1n) is 21.1. The van der Waals surface area contributed by atoms with E-state index in [0.717, 1.165) is 56.5 Å². The summed E-state index contributed by atoms with van der Waals surface area (Å²) >= 11 is 0. The lowest BCUT2D eigenvalue weighted by molar-refractivity contribution is -0.137. The molecule has 16 heteroatoms. The molecule has 4 amide bonds. The molecule has 63 heavy (non-hydrogen) atoms. The third kappa shape index (κ3) is 9.06. The minimum Gasteiger partial charge on any atom is -0.453 e. The molecule has 5 atom stereocenters. The van der Waals surface area contributed by atoms with Crippen molar-refractivity contribution < 1.29 is 37.4 Å². The fourth-order valence-corrected chi connectivity index (χ4v) is 8.79. The second-order valence-electron chi connectivity index (χ2n) is 16.6. The Hall–Kier alpha value is -6.84. The third-order valence-corrected chi connectivity index (χ3v) is 12.1. The molecule has 4 N–H and O–H groups in total. The molecule has 0 bridgehead atoms. The van der Waals surface area contributed by atoms with Gasteiger partial charge in [0.2, 0.25) is 11.8 Å². The zero-order valence-corrected chi connectivity index (χ0v) is 35.4. The topological polar surface area (TPSA) is 175 Å². The van der Waals surface area contributed by atoms with Crippen LogP contribution < -0.4 is 10.6 Å². The molecule has 5 aromatic rings. The second kappa shape index (κ2) is 17.9. The molecule has 3 aliphatic rings. The summed E-state index contributed by atoms with van der Waals surface area (Å²) in [6.45, 7) is 3.21. The average Bonchev–Trinajstić information content (AvgIpc) is 4.13. The van der Waals surface area contributed by atoms with Crippen LogP contribution in [0, 0.1) is 11.8 Å². The molecule has 0 radical (unpaired) electrons. The number of likely N-dealkylation sites (tertiary alicyclic amines) is 2. The molecule has 2 aliphatic heterocycles. The molecule has 2 fully saturated rings. The first-order valence-corrected chi connectivity index (χ1v) is 21.1. The van der Waals surface area contributed by atoms with Crippen LogP contribution in [0.2, 0.25) is 0 Å². The zero-order valence-electron chi connectivity index (χ0n) is 35.4. The minimum atomic E-state index is -3.13. The maximum absolute atomic E-state index is 14.8. The Morgan fingerprint density at radius 3 is 2.02 bits per heavy atom. The van der Waals surface area contributed by atoms with Crippen molar-refractivity contribution in [3.63, 3.8) is 0 Å². The predicted molar refractivity (Wildman–Crippen MR) is 232 cm³/mol. The van der Waals surface area contributed by atoms with Gasteiger partial charge in [-0.2, -0.15) is 0 Å². The van der Waals surface area contributed by atoms with E-state index in [2.05, 4.69) is 60.7 Å². The summed E-state index contributed by atoms with van der Waals surface area (Å²) in [6.07, 6.45) is 11.2. The lowest BCUT2D eigenvalue weighted by Crippen LogP contribution is -2.52. The number of nitrogens with one attached hydrogen (secondary N) is 4. The fourth-order valence-electron chi connectivity index (χ4n) is 8.79. The van der Waals surface area contributed by atoms with Crippen LogP contribution in [0.25, 0.3) is 44.4 Å². The van der Waals surface area contributed by atoms with Gasteiger partial charge in [-0.3, -0.25) is 9.59 Å². The first kappa shape index (κ1) is 42.8. The number of methoxy groups -OCH3 is 2. The largest absolute Gasteiger partial charge is 0.453 e. The van der Waals surface area contributed by atoms with Gasteiger partial charge in [0, 0.05) is 24.4 Å². The summed E-state index contributed by atoms with van der Waals surface area (Å²) in [5.74, 6) is -3.56. The molecule has 0 saturated carbocycles. The van der Waals surface area contributed by atoms with Gasteiger partial charge in [-0.25, -0.2) is 28.3 Å². The number of aromatic nitrogens is 4. The van der Waals surface area contributed by atoms with Gasteiger partial charge >= 0.3 is 12.2 Å². The highest BCUT2D eigenvalue weighted by atomic mass is 19.3. The van der Waals surface area contributed by atoms with Crippen molar-refractivity contribution in [1.82, 2.24) is 40.4 Å². The number of carbonyl (C=O) groups is 4. The number of halogens is 2. The SMILES string of the molecule is COC(=O)NC(C(=O)N1CC(F)(F)CC1c1ncc(-c2ccc(-c3ccc4cc(-c5cnc(C6CCCN6C(=O)C(NC(=O)OC)C6C=CC=CC6)[nH]5)ccc4c3)cc2)[nH]1)C(C)C. The highest BCUT2D eigenvalue weighted by Crippen LogP contribution is 2.41. The van der Waals surface area contributed by atoms with E-state index in [4.69, 9.17) is 9.72 Å². The smallest absolute Gasteiger partial charge is 0.407 e. The van der Waals surface area contributed by atoms with Gasteiger partial charge < -0.3 is 39.9 Å². The maximum atomic E-state index is 14.8. The van der Waals surface area contributed by atoms with Crippen molar-refractivity contribution in [3.05, 3.63) is 109 Å². The van der Waals surface area contributed by atoms with E-state index in [9.17, 15) is 28.0 Å². The van der Waals surface area contributed by atoms with Gasteiger partial charge in [-0.1, -0.05) is 86.7 Å². The number of benzene rings is 3. The van der Waals surface area contributed by atoms with E-state index < -0.39 is 55.1 Å². The van der Waals surface area contributed by atoms with E-state index in [-0.39, 0.29) is 29.6 Å². The van der Waals surface area contributed by atoms with Crippen LogP contribution >= 0.6 is 0 Å². The van der Waals surface area contributed by atoms with Crippen molar-refractivity contribution in [1.29, 1.82) is 0 Å². The van der Waals surface area contributed by atoms with Crippen LogP contribution in [0.3, 0.4) is 0 Å². The molecule has 4 heterocycles. The summed E-state index contributed by atoms with van der Waals surface area (Å²) in [5.41, 5.74) is 5.16. The number of alkyl halides is 2. The number of hydrogen-bond donors (Lipinski definition) is 4. The van der Waals surface area contributed by atoms with Gasteiger partial charge in [-0.15, -0.1) is 0 Å². The highest BCUT2D eigenvalue weighted by molar-refractivity contribution is 5.91. The van der Waals surface area contributed by atoms with Crippen LogP contribution in [0.4, 0.5) is 18.4 Å². The molecule has 1 aliphatic carbocycles. The van der Waals surface area contributed by atoms with Crippen molar-refractivity contribution in [2.75, 3.05) is 27.3 Å². The number of aromatic amines is 2. The van der Waals surface area contributed by atoms with E-state index in [0.29, 0.717) is 24.5 Å². The Morgan fingerprint density at radius 2 is 1.37 bits per heavy atom. The standard InChI is InChI=1S/C47H50F2N8O6/c1-27(2)39(54-45(60)62-3)43(58)57-26-47(48,49)23-38(57)42-51-24-35(52-42)29-14-12-28(13-15-29)31-16-17-33-22-34(19-18-32(33)21-31)36-25-50-41(53-36)37-11-8-20-56(37)44(59)40(55-46(61)63-4)30-9-6-5-7-10-30/h5-7,9,12-19,21-22,24-25,27,30,37-40H,8,10-11,20,23,26H2,1-4H3,(H,50,53)(H,51,52)(H,54,60)(H,55,61). The van der Waals surface area contributed by atoms with Crippen LogP contribution in [-0.4, -0.2) is 99.1 Å². The van der Waals surface area contributed by atoms with Gasteiger partial charge in [0.15, 0.2) is 0 Å². The third-order valence-electron chi connectivity index (χ3n) is 12.1. The number of alkyl carbamates (subject to hydrolysis) is 2. The molecular formula is C47H50F2N8O6. The molecular weight excluding hydrogens is 811 g/mol. The number of amides is 4. The van der Waals surface area contributed by atoms with E-state index >= 15 is 0 Å². The molecule has 2 saturated heterocycles. The Bertz CT molecular complexity index is 2570. The number of allylic oxidation sites excluding steroid dienone is 3. The number of fused-ring (bicyclic) bond motifs is 1. The molecule has 8 rings (SSSR count). The number of ether oxygens (including phenoxy) is 2. The quantitative estimate of drug-likeness (QED) is 0.103. The van der Waals surface area contributed by atoms with Crippen LogP contribution in [0.5, 0.6) is 0 Å². The molecule has 5 unspecified atom stereocenters. The van der Waals surface area contributed by atoms with Gasteiger partial charge in [0.1, 0.15) is 23.7 Å². The number of carbonyl (C=O) groups excluding carboxylic acids is 4. The zero-order chi connectivity index (χ0) is 44.4. The van der Waals surface area contributed by atoms with Gasteiger partial charge in [0.05, 0.1) is 56.6 Å². The number of rotatable bonds is 11. The summed E-state index contributed by atoms with van der Waals surface area (Å²) < 4.78 is 39.2. The number of hydrogen-bond acceptors (Lipinski definition) is 8. The van der Waals surface area contributed by atoms with Crippen molar-refractivity contribution >= 4 is 34.8 Å². The lowest BCUT2D eigenvalue weighted by atomic mass is 9.91. The lowest BCUT2D eigenvalue weighted by Gasteiger charge is -2.31. The number of nitrogens with zero attached hydrogens (tertiary/aromatic N) is 4. The summed E-state index contributed by atoms with van der Waals surface area (Å²) in [5, 5.41) is 7.32. The van der Waals surface area contributed by atoms with Gasteiger partial charge in [-0.05, 0) is 64.8 Å².